The molecular weight excluding hydrogens is 252 g/mol. The average Bonchev–Trinajstić information content (AvgIpc) is 3.23. The highest BCUT2D eigenvalue weighted by Crippen LogP contribution is 2.32. The van der Waals surface area contributed by atoms with Gasteiger partial charge in [-0.05, 0) is 49.9 Å². The summed E-state index contributed by atoms with van der Waals surface area (Å²) in [5.74, 6) is 1.72. The topological polar surface area (TPSA) is 42.8 Å². The molecule has 1 amide bonds. The summed E-state index contributed by atoms with van der Waals surface area (Å²) in [7, 11) is 3.71. The van der Waals surface area contributed by atoms with E-state index in [2.05, 4.69) is 12.2 Å². The molecule has 1 aromatic carbocycles. The van der Waals surface area contributed by atoms with Crippen LogP contribution in [0.4, 0.5) is 0 Å². The molecule has 2 atom stereocenters. The third kappa shape index (κ3) is 4.53. The molecule has 0 aromatic heterocycles. The third-order valence-electron chi connectivity index (χ3n) is 3.85. The zero-order chi connectivity index (χ0) is 14.5. The number of hydrogen-bond donors (Lipinski definition) is 2. The zero-order valence-corrected chi connectivity index (χ0v) is 12.6. The van der Waals surface area contributed by atoms with E-state index in [1.54, 1.807) is 7.11 Å². The normalized spacial score (nSPS) is 17.4. The Hall–Kier alpha value is -1.55. The number of rotatable bonds is 7. The van der Waals surface area contributed by atoms with Crippen molar-refractivity contribution in [3.8, 4) is 5.75 Å². The van der Waals surface area contributed by atoms with Crippen LogP contribution < -0.4 is 15.0 Å². The second-order valence-electron chi connectivity index (χ2n) is 5.85. The molecule has 1 unspecified atom stereocenters. The van der Waals surface area contributed by atoms with Crippen LogP contribution in [0.25, 0.3) is 0 Å². The van der Waals surface area contributed by atoms with Gasteiger partial charge in [0.2, 0.25) is 0 Å². The molecule has 110 valence electrons. The molecule has 0 aliphatic heterocycles. The number of hydrogen-bond acceptors (Lipinski definition) is 2. The minimum Gasteiger partial charge on any atom is -0.497 e. The van der Waals surface area contributed by atoms with Crippen LogP contribution in [0.3, 0.4) is 0 Å². The lowest BCUT2D eigenvalue weighted by atomic mass is 10.2. The summed E-state index contributed by atoms with van der Waals surface area (Å²) in [5, 5.41) is 3.10. The molecule has 4 heteroatoms. The standard InChI is InChI=1S/C16H24N2O2/c1-12(14-6-7-14)17-16(19)11-18(2)10-13-4-8-15(20-3)9-5-13/h4-5,8-9,12,14H,6-7,10-11H2,1-3H3,(H,17,19)/p+1/t12-/m0/s1. The summed E-state index contributed by atoms with van der Waals surface area (Å²) >= 11 is 0. The van der Waals surface area contributed by atoms with Crippen molar-refractivity contribution >= 4 is 5.91 Å². The fourth-order valence-corrected chi connectivity index (χ4v) is 2.45. The van der Waals surface area contributed by atoms with Crippen molar-refractivity contribution in [2.45, 2.75) is 32.4 Å². The van der Waals surface area contributed by atoms with Crippen LogP contribution in [0.2, 0.25) is 0 Å². The van der Waals surface area contributed by atoms with E-state index in [-0.39, 0.29) is 5.91 Å². The predicted octanol–water partition coefficient (Wildman–Crippen LogP) is 0.625. The Bertz CT molecular complexity index is 440. The number of quaternary nitrogens is 1. The summed E-state index contributed by atoms with van der Waals surface area (Å²) in [4.78, 5) is 13.1. The van der Waals surface area contributed by atoms with E-state index < -0.39 is 0 Å². The van der Waals surface area contributed by atoms with Crippen molar-refractivity contribution in [1.82, 2.24) is 5.32 Å². The van der Waals surface area contributed by atoms with Crippen LogP contribution in [0.15, 0.2) is 24.3 Å². The van der Waals surface area contributed by atoms with Crippen LogP contribution in [0, 0.1) is 5.92 Å². The second-order valence-corrected chi connectivity index (χ2v) is 5.85. The molecule has 1 aromatic rings. The first-order valence-electron chi connectivity index (χ1n) is 7.32. The lowest BCUT2D eigenvalue weighted by molar-refractivity contribution is -0.885. The summed E-state index contributed by atoms with van der Waals surface area (Å²) in [6, 6.07) is 8.34. The van der Waals surface area contributed by atoms with Crippen LogP contribution in [0.1, 0.15) is 25.3 Å². The van der Waals surface area contributed by atoms with Crippen LogP contribution in [-0.2, 0) is 11.3 Å². The molecule has 0 spiro atoms. The molecule has 0 heterocycles. The fraction of sp³-hybridized carbons (Fsp3) is 0.562. The first-order chi connectivity index (χ1) is 9.58. The maximum Gasteiger partial charge on any atom is 0.275 e. The number of carbonyl (C=O) groups is 1. The van der Waals surface area contributed by atoms with Crippen molar-refractivity contribution in [2.24, 2.45) is 5.92 Å². The van der Waals surface area contributed by atoms with Crippen molar-refractivity contribution in [3.63, 3.8) is 0 Å². The van der Waals surface area contributed by atoms with Crippen LogP contribution in [-0.4, -0.2) is 32.7 Å². The summed E-state index contributed by atoms with van der Waals surface area (Å²) in [6.07, 6.45) is 2.52. The van der Waals surface area contributed by atoms with Gasteiger partial charge in [-0.1, -0.05) is 0 Å². The lowest BCUT2D eigenvalue weighted by Gasteiger charge is -2.17. The fourth-order valence-electron chi connectivity index (χ4n) is 2.45. The van der Waals surface area contributed by atoms with Gasteiger partial charge in [0, 0.05) is 11.6 Å². The molecule has 2 N–H and O–H groups in total. The Balaban J connectivity index is 1.75. The Kier molecular flexibility index (Phi) is 5.01. The van der Waals surface area contributed by atoms with E-state index in [1.807, 2.05) is 31.3 Å². The summed E-state index contributed by atoms with van der Waals surface area (Å²) < 4.78 is 5.14. The Labute approximate surface area is 121 Å². The molecule has 2 rings (SSSR count). The number of benzene rings is 1. The SMILES string of the molecule is COc1ccc(C[NH+](C)CC(=O)N[C@@H](C)C2CC2)cc1. The van der Waals surface area contributed by atoms with Gasteiger partial charge in [-0.25, -0.2) is 0 Å². The maximum atomic E-state index is 11.9. The lowest BCUT2D eigenvalue weighted by Crippen LogP contribution is -3.09. The smallest absolute Gasteiger partial charge is 0.275 e. The Morgan fingerprint density at radius 1 is 1.40 bits per heavy atom. The molecule has 4 nitrogen and oxygen atoms in total. The minimum atomic E-state index is 0.149. The molecular formula is C16H25N2O2+. The van der Waals surface area contributed by atoms with E-state index in [9.17, 15) is 4.79 Å². The van der Waals surface area contributed by atoms with Gasteiger partial charge in [0.1, 0.15) is 12.3 Å². The second kappa shape index (κ2) is 6.75. The monoisotopic (exact) mass is 277 g/mol. The minimum absolute atomic E-state index is 0.149. The number of amides is 1. The van der Waals surface area contributed by atoms with E-state index in [1.165, 1.54) is 23.3 Å². The molecule has 0 radical (unpaired) electrons. The number of likely N-dealkylation sites (N-methyl/N-ethyl adjacent to an activating group) is 1. The predicted molar refractivity (Wildman–Crippen MR) is 78.8 cm³/mol. The van der Waals surface area contributed by atoms with Crippen LogP contribution >= 0.6 is 0 Å². The first kappa shape index (κ1) is 14.9. The van der Waals surface area contributed by atoms with Crippen molar-refractivity contribution < 1.29 is 14.4 Å². The molecule has 0 bridgehead atoms. The molecule has 0 saturated heterocycles. The number of methoxy groups -OCH3 is 1. The maximum absolute atomic E-state index is 11.9. The summed E-state index contributed by atoms with van der Waals surface area (Å²) in [6.45, 7) is 3.46. The average molecular weight is 277 g/mol. The zero-order valence-electron chi connectivity index (χ0n) is 12.6. The molecule has 20 heavy (non-hydrogen) atoms. The van der Waals surface area contributed by atoms with Gasteiger partial charge in [-0.2, -0.15) is 0 Å². The van der Waals surface area contributed by atoms with Gasteiger partial charge in [0.25, 0.3) is 5.91 Å². The first-order valence-corrected chi connectivity index (χ1v) is 7.32. The molecule has 1 aliphatic rings. The van der Waals surface area contributed by atoms with Gasteiger partial charge >= 0.3 is 0 Å². The quantitative estimate of drug-likeness (QED) is 0.767. The highest BCUT2D eigenvalue weighted by Gasteiger charge is 2.29. The highest BCUT2D eigenvalue weighted by molar-refractivity contribution is 5.77. The van der Waals surface area contributed by atoms with Crippen molar-refractivity contribution in [1.29, 1.82) is 0 Å². The summed E-state index contributed by atoms with van der Waals surface area (Å²) in [5.41, 5.74) is 1.21. The molecule has 1 aliphatic carbocycles. The number of ether oxygens (including phenoxy) is 1. The Morgan fingerprint density at radius 3 is 2.60 bits per heavy atom. The van der Waals surface area contributed by atoms with Crippen molar-refractivity contribution in [3.05, 3.63) is 29.8 Å². The number of nitrogens with one attached hydrogen (secondary N) is 2. The van der Waals surface area contributed by atoms with Gasteiger partial charge in [0.05, 0.1) is 14.2 Å². The largest absolute Gasteiger partial charge is 0.497 e. The number of carbonyl (C=O) groups excluding carboxylic acids is 1. The molecule has 1 fully saturated rings. The van der Waals surface area contributed by atoms with E-state index in [4.69, 9.17) is 4.74 Å². The van der Waals surface area contributed by atoms with Gasteiger partial charge < -0.3 is 15.0 Å². The van der Waals surface area contributed by atoms with Crippen molar-refractivity contribution in [2.75, 3.05) is 20.7 Å². The van der Waals surface area contributed by atoms with Gasteiger partial charge in [0.15, 0.2) is 6.54 Å². The molecule has 1 saturated carbocycles. The van der Waals surface area contributed by atoms with Crippen LogP contribution in [0.5, 0.6) is 5.75 Å². The van der Waals surface area contributed by atoms with E-state index in [0.29, 0.717) is 18.5 Å². The Morgan fingerprint density at radius 2 is 2.05 bits per heavy atom. The van der Waals surface area contributed by atoms with E-state index in [0.717, 1.165) is 12.3 Å². The van der Waals surface area contributed by atoms with Gasteiger partial charge in [-0.15, -0.1) is 0 Å². The van der Waals surface area contributed by atoms with Gasteiger partial charge in [-0.3, -0.25) is 4.79 Å². The third-order valence-corrected chi connectivity index (χ3v) is 3.85. The van der Waals surface area contributed by atoms with E-state index >= 15 is 0 Å². The highest BCUT2D eigenvalue weighted by atomic mass is 16.5.